The molecular weight excluding hydrogens is 238 g/mol. The lowest BCUT2D eigenvalue weighted by atomic mass is 10.1. The smallest absolute Gasteiger partial charge is 0.337 e. The van der Waals surface area contributed by atoms with Crippen molar-refractivity contribution in [2.75, 3.05) is 19.0 Å². The molecule has 1 aromatic carbocycles. The number of benzene rings is 1. The van der Waals surface area contributed by atoms with Crippen molar-refractivity contribution in [3.05, 3.63) is 23.8 Å². The Morgan fingerprint density at radius 3 is 3.00 bits per heavy atom. The first-order valence-electron chi connectivity index (χ1n) is 5.43. The van der Waals surface area contributed by atoms with Crippen LogP contribution in [0.4, 0.5) is 5.69 Å². The molecule has 1 heterocycles. The molecule has 1 atom stereocenters. The molecule has 0 bridgehead atoms. The highest BCUT2D eigenvalue weighted by molar-refractivity contribution is 5.91. The zero-order valence-electron chi connectivity index (χ0n) is 9.80. The maximum atomic E-state index is 11.4. The summed E-state index contributed by atoms with van der Waals surface area (Å²) >= 11 is 0. The second-order valence-electron chi connectivity index (χ2n) is 3.95. The first kappa shape index (κ1) is 12.2. The highest BCUT2D eigenvalue weighted by atomic mass is 16.5. The Morgan fingerprint density at radius 1 is 1.56 bits per heavy atom. The number of nitrogens with one attached hydrogen (secondary N) is 1. The number of rotatable bonds is 3. The molecule has 1 aliphatic rings. The zero-order valence-corrected chi connectivity index (χ0v) is 9.80. The number of hydrogen-bond donors (Lipinski definition) is 2. The summed E-state index contributed by atoms with van der Waals surface area (Å²) in [5, 5.41) is 11.8. The Morgan fingerprint density at radius 2 is 2.33 bits per heavy atom. The summed E-state index contributed by atoms with van der Waals surface area (Å²) < 4.78 is 10.0. The van der Waals surface area contributed by atoms with Crippen LogP contribution in [-0.4, -0.2) is 36.8 Å². The van der Waals surface area contributed by atoms with E-state index in [1.54, 1.807) is 18.2 Å². The summed E-state index contributed by atoms with van der Waals surface area (Å²) in [6.45, 7) is 0.289. The van der Waals surface area contributed by atoms with Gasteiger partial charge in [0.05, 0.1) is 30.8 Å². The second kappa shape index (κ2) is 4.95. The monoisotopic (exact) mass is 251 g/mol. The summed E-state index contributed by atoms with van der Waals surface area (Å²) in [6, 6.07) is 4.55. The maximum Gasteiger partial charge on any atom is 0.337 e. The lowest BCUT2D eigenvalue weighted by molar-refractivity contribution is -0.137. The van der Waals surface area contributed by atoms with Crippen LogP contribution >= 0.6 is 0 Å². The van der Waals surface area contributed by atoms with Gasteiger partial charge in [-0.25, -0.2) is 4.79 Å². The number of methoxy groups -OCH3 is 1. The second-order valence-corrected chi connectivity index (χ2v) is 3.95. The van der Waals surface area contributed by atoms with Crippen molar-refractivity contribution in [2.45, 2.75) is 12.5 Å². The van der Waals surface area contributed by atoms with Crippen molar-refractivity contribution >= 4 is 17.6 Å². The molecule has 0 amide bonds. The highest BCUT2D eigenvalue weighted by Crippen LogP contribution is 2.30. The van der Waals surface area contributed by atoms with E-state index in [4.69, 9.17) is 9.84 Å². The third-order valence-corrected chi connectivity index (χ3v) is 2.62. The maximum absolute atomic E-state index is 11.4. The lowest BCUT2D eigenvalue weighted by Gasteiger charge is -2.26. The molecule has 0 spiro atoms. The molecule has 6 heteroatoms. The number of aliphatic carboxylic acids is 1. The Bertz CT molecular complexity index is 485. The van der Waals surface area contributed by atoms with Crippen LogP contribution < -0.4 is 10.1 Å². The topological polar surface area (TPSA) is 84.9 Å². The van der Waals surface area contributed by atoms with Crippen LogP contribution in [0.5, 0.6) is 5.75 Å². The summed E-state index contributed by atoms with van der Waals surface area (Å²) in [5.41, 5.74) is 0.999. The van der Waals surface area contributed by atoms with E-state index in [0.717, 1.165) is 0 Å². The zero-order chi connectivity index (χ0) is 13.1. The predicted molar refractivity (Wildman–Crippen MR) is 62.9 cm³/mol. The van der Waals surface area contributed by atoms with Crippen molar-refractivity contribution in [3.8, 4) is 5.75 Å². The van der Waals surface area contributed by atoms with Crippen molar-refractivity contribution in [1.29, 1.82) is 0 Å². The van der Waals surface area contributed by atoms with Crippen LogP contribution in [0.3, 0.4) is 0 Å². The number of ether oxygens (including phenoxy) is 2. The molecule has 0 radical (unpaired) electrons. The lowest BCUT2D eigenvalue weighted by Crippen LogP contribution is -2.33. The van der Waals surface area contributed by atoms with E-state index in [2.05, 4.69) is 10.1 Å². The van der Waals surface area contributed by atoms with Crippen molar-refractivity contribution in [3.63, 3.8) is 0 Å². The molecule has 6 nitrogen and oxygen atoms in total. The largest absolute Gasteiger partial charge is 0.489 e. The normalized spacial score (nSPS) is 17.1. The fourth-order valence-corrected chi connectivity index (χ4v) is 1.79. The van der Waals surface area contributed by atoms with E-state index in [-0.39, 0.29) is 19.1 Å². The van der Waals surface area contributed by atoms with Gasteiger partial charge in [-0.1, -0.05) is 0 Å². The molecule has 0 saturated heterocycles. The molecule has 1 aliphatic heterocycles. The van der Waals surface area contributed by atoms with Gasteiger partial charge in [0.25, 0.3) is 0 Å². The SMILES string of the molecule is COC(=O)c1ccc2c(c1)NC(CC(=O)O)CO2. The molecule has 0 aromatic heterocycles. The number of carboxylic acid groups (broad SMARTS) is 1. The third-order valence-electron chi connectivity index (χ3n) is 2.62. The molecule has 2 N–H and O–H groups in total. The molecule has 1 aromatic rings. The summed E-state index contributed by atoms with van der Waals surface area (Å²) in [5.74, 6) is -0.743. The van der Waals surface area contributed by atoms with Crippen molar-refractivity contribution in [1.82, 2.24) is 0 Å². The van der Waals surface area contributed by atoms with Crippen molar-refractivity contribution in [2.24, 2.45) is 0 Å². The number of anilines is 1. The van der Waals surface area contributed by atoms with E-state index in [0.29, 0.717) is 17.0 Å². The van der Waals surface area contributed by atoms with Gasteiger partial charge in [0, 0.05) is 0 Å². The Kier molecular flexibility index (Phi) is 3.36. The molecule has 0 saturated carbocycles. The molecule has 18 heavy (non-hydrogen) atoms. The minimum absolute atomic E-state index is 0.0398. The first-order chi connectivity index (χ1) is 8.60. The summed E-state index contributed by atoms with van der Waals surface area (Å²) in [7, 11) is 1.30. The van der Waals surface area contributed by atoms with Gasteiger partial charge in [-0.2, -0.15) is 0 Å². The van der Waals surface area contributed by atoms with Gasteiger partial charge in [-0.3, -0.25) is 4.79 Å². The molecular formula is C12H13NO5. The van der Waals surface area contributed by atoms with Crippen LogP contribution in [-0.2, 0) is 9.53 Å². The van der Waals surface area contributed by atoms with Crippen LogP contribution in [0, 0.1) is 0 Å². The Labute approximate surface area is 104 Å². The fourth-order valence-electron chi connectivity index (χ4n) is 1.79. The van der Waals surface area contributed by atoms with Gasteiger partial charge in [-0.05, 0) is 18.2 Å². The van der Waals surface area contributed by atoms with Crippen LogP contribution in [0.15, 0.2) is 18.2 Å². The molecule has 0 aliphatic carbocycles. The molecule has 2 rings (SSSR count). The van der Waals surface area contributed by atoms with E-state index < -0.39 is 11.9 Å². The third kappa shape index (κ3) is 2.53. The van der Waals surface area contributed by atoms with Gasteiger partial charge < -0.3 is 19.9 Å². The van der Waals surface area contributed by atoms with Crippen LogP contribution in [0.2, 0.25) is 0 Å². The average molecular weight is 251 g/mol. The average Bonchev–Trinajstić information content (AvgIpc) is 2.36. The van der Waals surface area contributed by atoms with Gasteiger partial charge in [0.2, 0.25) is 0 Å². The van der Waals surface area contributed by atoms with Crippen LogP contribution in [0.1, 0.15) is 16.8 Å². The van der Waals surface area contributed by atoms with Gasteiger partial charge >= 0.3 is 11.9 Å². The minimum Gasteiger partial charge on any atom is -0.489 e. The fraction of sp³-hybridized carbons (Fsp3) is 0.333. The Balaban J connectivity index is 2.19. The van der Waals surface area contributed by atoms with E-state index in [1.807, 2.05) is 0 Å². The van der Waals surface area contributed by atoms with E-state index in [9.17, 15) is 9.59 Å². The quantitative estimate of drug-likeness (QED) is 0.783. The molecule has 0 fully saturated rings. The van der Waals surface area contributed by atoms with Gasteiger partial charge in [-0.15, -0.1) is 0 Å². The number of hydrogen-bond acceptors (Lipinski definition) is 5. The number of carbonyl (C=O) groups is 2. The predicted octanol–water partition coefficient (Wildman–Crippen LogP) is 1.12. The standard InChI is InChI=1S/C12H13NO5/c1-17-12(16)7-2-3-10-9(4-7)13-8(6-18-10)5-11(14)15/h2-4,8,13H,5-6H2,1H3,(H,14,15). The van der Waals surface area contributed by atoms with E-state index >= 15 is 0 Å². The molecule has 1 unspecified atom stereocenters. The van der Waals surface area contributed by atoms with Gasteiger partial charge in [0.1, 0.15) is 12.4 Å². The number of esters is 1. The first-order valence-corrected chi connectivity index (χ1v) is 5.43. The van der Waals surface area contributed by atoms with Crippen molar-refractivity contribution < 1.29 is 24.2 Å². The summed E-state index contributed by atoms with van der Waals surface area (Å²) in [6.07, 6.45) is -0.0398. The molecule has 96 valence electrons. The minimum atomic E-state index is -0.899. The number of carbonyl (C=O) groups excluding carboxylic acids is 1. The highest BCUT2D eigenvalue weighted by Gasteiger charge is 2.22. The van der Waals surface area contributed by atoms with Gasteiger partial charge in [0.15, 0.2) is 0 Å². The number of carboxylic acids is 1. The number of fused-ring (bicyclic) bond motifs is 1. The summed E-state index contributed by atoms with van der Waals surface area (Å²) in [4.78, 5) is 22.0. The van der Waals surface area contributed by atoms with E-state index in [1.165, 1.54) is 7.11 Å². The van der Waals surface area contributed by atoms with Crippen LogP contribution in [0.25, 0.3) is 0 Å². The Hall–Kier alpha value is -2.24.